The molecule has 120 valence electrons. The topological polar surface area (TPSA) is 105 Å². The number of anilines is 2. The van der Waals surface area contributed by atoms with Crippen LogP contribution in [0.5, 0.6) is 0 Å². The normalized spacial score (nSPS) is 11.3. The maximum Gasteiger partial charge on any atom is 0.314 e. The van der Waals surface area contributed by atoms with Crippen molar-refractivity contribution in [3.8, 4) is 11.5 Å². The highest BCUT2D eigenvalue weighted by atomic mass is 19.3. The summed E-state index contributed by atoms with van der Waals surface area (Å²) >= 11 is 0. The second-order valence-electron chi connectivity index (χ2n) is 4.80. The minimum atomic E-state index is -2.81. The fourth-order valence-corrected chi connectivity index (χ4v) is 2.08. The van der Waals surface area contributed by atoms with Crippen LogP contribution in [0.1, 0.15) is 12.3 Å². The first-order valence-corrected chi connectivity index (χ1v) is 6.83. The van der Waals surface area contributed by atoms with E-state index in [2.05, 4.69) is 35.5 Å². The molecule has 8 nitrogen and oxygen atoms in total. The third-order valence-electron chi connectivity index (χ3n) is 3.20. The Labute approximate surface area is 133 Å². The van der Waals surface area contributed by atoms with E-state index in [1.165, 1.54) is 12.4 Å². The van der Waals surface area contributed by atoms with Crippen molar-refractivity contribution >= 4 is 22.7 Å². The molecular weight excluding hydrogens is 320 g/mol. The van der Waals surface area contributed by atoms with Crippen LogP contribution in [0.25, 0.3) is 22.5 Å². The molecule has 0 unspecified atom stereocenters. The monoisotopic (exact) mass is 329 g/mol. The van der Waals surface area contributed by atoms with Crippen LogP contribution >= 0.6 is 0 Å². The lowest BCUT2D eigenvalue weighted by atomic mass is 10.3. The molecule has 0 aliphatic heterocycles. The molecule has 4 rings (SSSR count). The van der Waals surface area contributed by atoms with Gasteiger partial charge in [0.05, 0.1) is 22.9 Å². The molecule has 0 saturated carbocycles. The molecule has 10 heteroatoms. The van der Waals surface area contributed by atoms with Crippen LogP contribution in [-0.2, 0) is 0 Å². The lowest BCUT2D eigenvalue weighted by Crippen LogP contribution is -1.96. The molecule has 0 aliphatic carbocycles. The first-order chi connectivity index (χ1) is 11.7. The van der Waals surface area contributed by atoms with E-state index in [0.717, 1.165) is 16.7 Å². The summed E-state index contributed by atoms with van der Waals surface area (Å²) in [5.74, 6) is -0.456. The van der Waals surface area contributed by atoms with E-state index in [9.17, 15) is 8.78 Å². The fourth-order valence-electron chi connectivity index (χ4n) is 2.08. The largest absolute Gasteiger partial charge is 0.415 e. The summed E-state index contributed by atoms with van der Waals surface area (Å²) < 4.78 is 29.7. The second-order valence-corrected chi connectivity index (χ2v) is 4.80. The summed E-state index contributed by atoms with van der Waals surface area (Å²) in [6.45, 7) is 0. The van der Waals surface area contributed by atoms with Crippen LogP contribution in [0, 0.1) is 0 Å². The second kappa shape index (κ2) is 5.65. The van der Waals surface area contributed by atoms with Crippen molar-refractivity contribution in [2.75, 3.05) is 5.32 Å². The zero-order chi connectivity index (χ0) is 16.5. The van der Waals surface area contributed by atoms with Gasteiger partial charge in [-0.25, -0.2) is 15.0 Å². The van der Waals surface area contributed by atoms with Gasteiger partial charge < -0.3 is 14.7 Å². The maximum absolute atomic E-state index is 12.4. The summed E-state index contributed by atoms with van der Waals surface area (Å²) in [6.07, 6.45) is 1.61. The Balaban J connectivity index is 1.54. The van der Waals surface area contributed by atoms with Gasteiger partial charge in [0.15, 0.2) is 0 Å². The number of nitrogens with one attached hydrogen (secondary N) is 2. The van der Waals surface area contributed by atoms with Crippen molar-refractivity contribution in [1.29, 1.82) is 0 Å². The smallest absolute Gasteiger partial charge is 0.314 e. The number of hydrogen-bond acceptors (Lipinski definition) is 7. The summed E-state index contributed by atoms with van der Waals surface area (Å²) in [5, 5.41) is 9.83. The number of alkyl halides is 2. The number of nitrogens with zero attached hydrogens (tertiary/aromatic N) is 5. The van der Waals surface area contributed by atoms with Crippen molar-refractivity contribution in [1.82, 2.24) is 30.1 Å². The van der Waals surface area contributed by atoms with E-state index in [1.54, 1.807) is 6.33 Å². The third-order valence-corrected chi connectivity index (χ3v) is 3.20. The van der Waals surface area contributed by atoms with E-state index in [-0.39, 0.29) is 5.89 Å². The van der Waals surface area contributed by atoms with Crippen molar-refractivity contribution < 1.29 is 13.2 Å². The Morgan fingerprint density at radius 2 is 1.92 bits per heavy atom. The minimum Gasteiger partial charge on any atom is -0.415 e. The lowest BCUT2D eigenvalue weighted by molar-refractivity contribution is 0.116. The fraction of sp³-hybridized carbons (Fsp3) is 0.0714. The number of rotatable bonds is 4. The van der Waals surface area contributed by atoms with Crippen molar-refractivity contribution in [2.24, 2.45) is 0 Å². The molecule has 2 N–H and O–H groups in total. The number of hydrogen-bond donors (Lipinski definition) is 2. The third kappa shape index (κ3) is 2.64. The SMILES string of the molecule is FC(F)c1nnc(-c2cnc(Nc3ccc4nc[nH]c4c3)nc2)o1. The molecule has 0 saturated heterocycles. The number of benzene rings is 1. The van der Waals surface area contributed by atoms with Crippen LogP contribution in [0.15, 0.2) is 41.3 Å². The average molecular weight is 329 g/mol. The summed E-state index contributed by atoms with van der Waals surface area (Å²) in [5.41, 5.74) is 2.85. The number of imidazole rings is 1. The van der Waals surface area contributed by atoms with Crippen LogP contribution < -0.4 is 5.32 Å². The molecule has 0 spiro atoms. The van der Waals surface area contributed by atoms with Gasteiger partial charge in [-0.05, 0) is 18.2 Å². The van der Waals surface area contributed by atoms with Crippen LogP contribution in [0.4, 0.5) is 20.4 Å². The molecule has 0 bridgehead atoms. The molecule has 0 fully saturated rings. The van der Waals surface area contributed by atoms with Gasteiger partial charge >= 0.3 is 6.43 Å². The van der Waals surface area contributed by atoms with Gasteiger partial charge in [0.2, 0.25) is 5.95 Å². The molecule has 0 amide bonds. The maximum atomic E-state index is 12.4. The Hall–Kier alpha value is -3.43. The molecule has 4 aromatic rings. The van der Waals surface area contributed by atoms with Crippen molar-refractivity contribution in [3.63, 3.8) is 0 Å². The van der Waals surface area contributed by atoms with E-state index < -0.39 is 12.3 Å². The number of aromatic nitrogens is 6. The van der Waals surface area contributed by atoms with Gasteiger partial charge in [0.25, 0.3) is 11.8 Å². The van der Waals surface area contributed by atoms with Crippen molar-refractivity contribution in [3.05, 3.63) is 42.8 Å². The van der Waals surface area contributed by atoms with Gasteiger partial charge in [-0.3, -0.25) is 0 Å². The number of halogens is 2. The summed E-state index contributed by atoms with van der Waals surface area (Å²) in [4.78, 5) is 15.4. The number of aromatic amines is 1. The highest BCUT2D eigenvalue weighted by Crippen LogP contribution is 2.23. The van der Waals surface area contributed by atoms with Crippen LogP contribution in [0.3, 0.4) is 0 Å². The Bertz CT molecular complexity index is 980. The highest BCUT2D eigenvalue weighted by molar-refractivity contribution is 5.79. The van der Waals surface area contributed by atoms with Crippen molar-refractivity contribution in [2.45, 2.75) is 6.43 Å². The molecule has 0 aliphatic rings. The molecule has 24 heavy (non-hydrogen) atoms. The Morgan fingerprint density at radius 3 is 2.67 bits per heavy atom. The average Bonchev–Trinajstić information content (AvgIpc) is 3.24. The van der Waals surface area contributed by atoms with Gasteiger partial charge in [0, 0.05) is 18.1 Å². The van der Waals surface area contributed by atoms with Gasteiger partial charge in [-0.15, -0.1) is 10.2 Å². The first kappa shape index (κ1) is 14.2. The zero-order valence-electron chi connectivity index (χ0n) is 11.9. The van der Waals surface area contributed by atoms with E-state index in [0.29, 0.717) is 11.5 Å². The molecule has 0 atom stereocenters. The Kier molecular flexibility index (Phi) is 3.34. The molecule has 0 radical (unpaired) electrons. The summed E-state index contributed by atoms with van der Waals surface area (Å²) in [7, 11) is 0. The summed E-state index contributed by atoms with van der Waals surface area (Å²) in [6, 6.07) is 5.56. The molecule has 3 heterocycles. The lowest BCUT2D eigenvalue weighted by Gasteiger charge is -2.04. The minimum absolute atomic E-state index is 0.0595. The van der Waals surface area contributed by atoms with E-state index in [1.807, 2.05) is 18.2 Å². The van der Waals surface area contributed by atoms with E-state index >= 15 is 0 Å². The predicted molar refractivity (Wildman–Crippen MR) is 79.7 cm³/mol. The number of fused-ring (bicyclic) bond motifs is 1. The molecular formula is C14H9F2N7O. The zero-order valence-corrected chi connectivity index (χ0v) is 11.9. The molecule has 3 aromatic heterocycles. The van der Waals surface area contributed by atoms with Gasteiger partial charge in [-0.2, -0.15) is 8.78 Å². The predicted octanol–water partition coefficient (Wildman–Crippen LogP) is 3.08. The van der Waals surface area contributed by atoms with Crippen LogP contribution in [-0.4, -0.2) is 30.1 Å². The first-order valence-electron chi connectivity index (χ1n) is 6.83. The van der Waals surface area contributed by atoms with Crippen LogP contribution in [0.2, 0.25) is 0 Å². The van der Waals surface area contributed by atoms with E-state index in [4.69, 9.17) is 4.42 Å². The number of H-pyrrole nitrogens is 1. The highest BCUT2D eigenvalue weighted by Gasteiger charge is 2.17. The quantitative estimate of drug-likeness (QED) is 0.592. The Morgan fingerprint density at radius 1 is 1.08 bits per heavy atom. The standard InChI is InChI=1S/C14H9F2N7O/c15-11(16)13-23-22-12(24-13)7-4-17-14(18-5-7)21-8-1-2-9-10(3-8)20-6-19-9/h1-6,11H,(H,19,20)(H,17,18,21). The molecule has 1 aromatic carbocycles. The van der Waals surface area contributed by atoms with Gasteiger partial charge in [0.1, 0.15) is 0 Å². The van der Waals surface area contributed by atoms with Gasteiger partial charge in [-0.1, -0.05) is 0 Å².